The number of hydrogen-bond donors (Lipinski definition) is 0. The van der Waals surface area contributed by atoms with Crippen molar-refractivity contribution in [1.82, 2.24) is 3.97 Å². The van der Waals surface area contributed by atoms with Gasteiger partial charge in [-0.3, -0.25) is 4.79 Å². The average molecular weight is 507 g/mol. The molecule has 2 heterocycles. The SMILES string of the molecule is CC1(Cc2cn(S(=O)(=O)c3ccccc3)c3ccccc23)C(=O)N(Cc2ccccc2)c2ccccc21. The lowest BCUT2D eigenvalue weighted by Crippen LogP contribution is -2.39. The van der Waals surface area contributed by atoms with Crippen LogP contribution in [0.5, 0.6) is 0 Å². The van der Waals surface area contributed by atoms with Crippen LogP contribution in [0.15, 0.2) is 120 Å². The largest absolute Gasteiger partial charge is 0.307 e. The van der Waals surface area contributed by atoms with Crippen molar-refractivity contribution in [3.05, 3.63) is 132 Å². The van der Waals surface area contributed by atoms with Crippen LogP contribution in [-0.2, 0) is 33.2 Å². The van der Waals surface area contributed by atoms with Gasteiger partial charge in [-0.25, -0.2) is 12.4 Å². The summed E-state index contributed by atoms with van der Waals surface area (Å²) in [6.07, 6.45) is 2.07. The van der Waals surface area contributed by atoms with Crippen molar-refractivity contribution in [3.63, 3.8) is 0 Å². The van der Waals surface area contributed by atoms with E-state index in [-0.39, 0.29) is 10.8 Å². The molecule has 184 valence electrons. The smallest absolute Gasteiger partial charge is 0.268 e. The number of aromatic nitrogens is 1. The Balaban J connectivity index is 1.45. The van der Waals surface area contributed by atoms with Crippen LogP contribution in [0, 0.1) is 0 Å². The minimum absolute atomic E-state index is 0.0142. The van der Waals surface area contributed by atoms with E-state index >= 15 is 0 Å². The number of amides is 1. The van der Waals surface area contributed by atoms with Crippen LogP contribution in [0.4, 0.5) is 5.69 Å². The van der Waals surface area contributed by atoms with Crippen molar-refractivity contribution in [2.75, 3.05) is 4.90 Å². The first-order valence-corrected chi connectivity index (χ1v) is 13.7. The van der Waals surface area contributed by atoms with E-state index < -0.39 is 15.4 Å². The summed E-state index contributed by atoms with van der Waals surface area (Å²) in [6.45, 7) is 2.45. The van der Waals surface area contributed by atoms with Gasteiger partial charge >= 0.3 is 0 Å². The summed E-state index contributed by atoms with van der Waals surface area (Å²) in [5.41, 5.74) is 3.50. The molecule has 0 saturated heterocycles. The molecule has 1 aliphatic heterocycles. The fraction of sp³-hybridized carbons (Fsp3) is 0.129. The molecule has 0 saturated carbocycles. The van der Waals surface area contributed by atoms with E-state index in [1.54, 1.807) is 36.5 Å². The summed E-state index contributed by atoms with van der Waals surface area (Å²) in [7, 11) is -3.80. The predicted octanol–water partition coefficient (Wildman–Crippen LogP) is 5.93. The predicted molar refractivity (Wildman–Crippen MR) is 146 cm³/mol. The van der Waals surface area contributed by atoms with Crippen LogP contribution in [0.25, 0.3) is 10.9 Å². The van der Waals surface area contributed by atoms with Gasteiger partial charge in [0.1, 0.15) is 0 Å². The molecule has 0 aliphatic carbocycles. The van der Waals surface area contributed by atoms with Crippen LogP contribution >= 0.6 is 0 Å². The molecule has 6 rings (SSSR count). The molecule has 5 aromatic rings. The molecule has 37 heavy (non-hydrogen) atoms. The van der Waals surface area contributed by atoms with Crippen molar-refractivity contribution < 1.29 is 13.2 Å². The fourth-order valence-corrected chi connectivity index (χ4v) is 6.85. The van der Waals surface area contributed by atoms with E-state index in [0.29, 0.717) is 18.5 Å². The Hall–Kier alpha value is -4.16. The summed E-state index contributed by atoms with van der Waals surface area (Å²) >= 11 is 0. The van der Waals surface area contributed by atoms with Gasteiger partial charge in [-0.1, -0.05) is 84.9 Å². The topological polar surface area (TPSA) is 59.4 Å². The van der Waals surface area contributed by atoms with Gasteiger partial charge < -0.3 is 4.90 Å². The van der Waals surface area contributed by atoms with Crippen LogP contribution < -0.4 is 4.90 Å². The highest BCUT2D eigenvalue weighted by molar-refractivity contribution is 7.90. The maximum absolute atomic E-state index is 14.1. The van der Waals surface area contributed by atoms with Crippen LogP contribution in [0.3, 0.4) is 0 Å². The summed E-state index contributed by atoms with van der Waals surface area (Å²) in [6, 6.07) is 33.8. The van der Waals surface area contributed by atoms with E-state index in [2.05, 4.69) is 0 Å². The second-order valence-corrected chi connectivity index (χ2v) is 11.5. The third-order valence-electron chi connectivity index (χ3n) is 7.29. The van der Waals surface area contributed by atoms with Gasteiger partial charge in [-0.2, -0.15) is 0 Å². The second-order valence-electron chi connectivity index (χ2n) is 9.69. The monoisotopic (exact) mass is 506 g/mol. The molecule has 5 nitrogen and oxygen atoms in total. The Morgan fingerprint density at radius 2 is 1.38 bits per heavy atom. The number of para-hydroxylation sites is 2. The number of carbonyl (C=O) groups is 1. The number of rotatable bonds is 6. The molecule has 1 amide bonds. The van der Waals surface area contributed by atoms with Crippen molar-refractivity contribution in [3.8, 4) is 0 Å². The minimum Gasteiger partial charge on any atom is -0.307 e. The first-order chi connectivity index (χ1) is 17.9. The molecule has 6 heteroatoms. The van der Waals surface area contributed by atoms with Crippen molar-refractivity contribution >= 4 is 32.5 Å². The minimum atomic E-state index is -3.80. The van der Waals surface area contributed by atoms with E-state index in [0.717, 1.165) is 27.8 Å². The van der Waals surface area contributed by atoms with E-state index in [1.165, 1.54) is 3.97 Å². The van der Waals surface area contributed by atoms with Crippen molar-refractivity contribution in [1.29, 1.82) is 0 Å². The number of carbonyl (C=O) groups excluding carboxylic acids is 1. The summed E-state index contributed by atoms with van der Waals surface area (Å²) in [5.74, 6) is 0.0142. The zero-order valence-corrected chi connectivity index (χ0v) is 21.2. The van der Waals surface area contributed by atoms with Crippen molar-refractivity contribution in [2.45, 2.75) is 30.2 Å². The van der Waals surface area contributed by atoms with Gasteiger partial charge in [-0.15, -0.1) is 0 Å². The van der Waals surface area contributed by atoms with Gasteiger partial charge in [-0.05, 0) is 54.3 Å². The molecular weight excluding hydrogens is 480 g/mol. The zero-order chi connectivity index (χ0) is 25.6. The Morgan fingerprint density at radius 1 is 0.757 bits per heavy atom. The zero-order valence-electron chi connectivity index (χ0n) is 20.4. The fourth-order valence-electron chi connectivity index (χ4n) is 5.44. The first kappa shape index (κ1) is 23.3. The first-order valence-electron chi connectivity index (χ1n) is 12.2. The molecule has 1 aliphatic rings. The van der Waals surface area contributed by atoms with Gasteiger partial charge in [0.2, 0.25) is 5.91 Å². The Kier molecular flexibility index (Phi) is 5.50. The number of nitrogens with zero attached hydrogens (tertiary/aromatic N) is 2. The Labute approximate surface area is 216 Å². The molecule has 0 radical (unpaired) electrons. The lowest BCUT2D eigenvalue weighted by molar-refractivity contribution is -0.122. The molecular formula is C31H26N2O3S. The van der Waals surface area contributed by atoms with Crippen LogP contribution in [-0.4, -0.2) is 18.3 Å². The molecule has 4 aromatic carbocycles. The highest BCUT2D eigenvalue weighted by Gasteiger charge is 2.47. The van der Waals surface area contributed by atoms with E-state index in [1.807, 2.05) is 90.7 Å². The number of fused-ring (bicyclic) bond motifs is 2. The van der Waals surface area contributed by atoms with Crippen LogP contribution in [0.1, 0.15) is 23.6 Å². The maximum atomic E-state index is 14.1. The molecule has 0 bridgehead atoms. The molecule has 1 unspecified atom stereocenters. The van der Waals surface area contributed by atoms with E-state index in [9.17, 15) is 13.2 Å². The highest BCUT2D eigenvalue weighted by Crippen LogP contribution is 2.45. The third kappa shape index (κ3) is 3.76. The molecule has 0 fully saturated rings. The van der Waals surface area contributed by atoms with Crippen LogP contribution in [0.2, 0.25) is 0 Å². The number of benzene rings is 4. The molecule has 0 N–H and O–H groups in total. The Bertz CT molecular complexity index is 1730. The lowest BCUT2D eigenvalue weighted by atomic mass is 9.78. The summed E-state index contributed by atoms with van der Waals surface area (Å²) < 4.78 is 28.5. The molecule has 0 spiro atoms. The van der Waals surface area contributed by atoms with Crippen molar-refractivity contribution in [2.24, 2.45) is 0 Å². The summed E-state index contributed by atoms with van der Waals surface area (Å²) in [4.78, 5) is 16.1. The lowest BCUT2D eigenvalue weighted by Gasteiger charge is -2.24. The third-order valence-corrected chi connectivity index (χ3v) is 8.98. The maximum Gasteiger partial charge on any atom is 0.268 e. The molecule has 1 aromatic heterocycles. The second kappa shape index (κ2) is 8.75. The van der Waals surface area contributed by atoms with E-state index in [4.69, 9.17) is 0 Å². The average Bonchev–Trinajstić information content (AvgIpc) is 3.40. The Morgan fingerprint density at radius 3 is 2.14 bits per heavy atom. The van der Waals surface area contributed by atoms with Gasteiger partial charge in [0.25, 0.3) is 10.0 Å². The van der Waals surface area contributed by atoms with Gasteiger partial charge in [0, 0.05) is 17.3 Å². The van der Waals surface area contributed by atoms with Gasteiger partial charge in [0.05, 0.1) is 22.4 Å². The van der Waals surface area contributed by atoms with Gasteiger partial charge in [0.15, 0.2) is 0 Å². The highest BCUT2D eigenvalue weighted by atomic mass is 32.2. The molecule has 1 atom stereocenters. The number of anilines is 1. The normalized spacial score (nSPS) is 17.3. The number of hydrogen-bond acceptors (Lipinski definition) is 3. The standard InChI is InChI=1S/C31H26N2O3S/c1-31(27-17-9-11-19-29(27)32(30(31)34)21-23-12-4-2-5-13-23)20-24-22-33(28-18-10-8-16-26(24)28)37(35,36)25-14-6-3-7-15-25/h2-19,22H,20-21H2,1H3. The summed E-state index contributed by atoms with van der Waals surface area (Å²) in [5, 5.41) is 0.829. The quantitative estimate of drug-likeness (QED) is 0.287.